The average Bonchev–Trinajstić information content (AvgIpc) is 3.52. The summed E-state index contributed by atoms with van der Waals surface area (Å²) in [5, 5.41) is 33.5. The molecule has 5 nitrogen and oxygen atoms in total. The largest absolute Gasteiger partial charge is 0.445 e. The number of allylic oxidation sites excluding steroid dienone is 4. The van der Waals surface area contributed by atoms with Crippen LogP contribution < -0.4 is 0 Å². The number of aliphatic hydroxyl groups is 3. The first-order chi connectivity index (χ1) is 18.9. The maximum atomic E-state index is 12.0. The molecule has 1 aromatic rings. The van der Waals surface area contributed by atoms with Crippen molar-refractivity contribution in [2.45, 2.75) is 129 Å². The number of hydrogen-bond acceptors (Lipinski definition) is 5. The fourth-order valence-electron chi connectivity index (χ4n) is 8.70. The minimum Gasteiger partial charge on any atom is -0.445 e. The van der Waals surface area contributed by atoms with Gasteiger partial charge in [-0.1, -0.05) is 64.5 Å². The van der Waals surface area contributed by atoms with E-state index in [1.807, 2.05) is 19.2 Å². The Balaban J connectivity index is 1.70. The van der Waals surface area contributed by atoms with E-state index in [1.54, 1.807) is 0 Å². The van der Waals surface area contributed by atoms with Crippen molar-refractivity contribution in [1.82, 2.24) is 4.98 Å². The second kappa shape index (κ2) is 11.0. The Hall–Kier alpha value is -1.95. The molecular formula is C35H51NO4. The number of aryl methyl sites for hydroxylation is 1. The van der Waals surface area contributed by atoms with Gasteiger partial charge in [0.15, 0.2) is 0 Å². The predicted octanol–water partition coefficient (Wildman–Crippen LogP) is 7.13. The van der Waals surface area contributed by atoms with Crippen LogP contribution in [0.25, 0.3) is 0 Å². The molecule has 220 valence electrons. The first-order valence-corrected chi connectivity index (χ1v) is 15.7. The molecule has 4 aliphatic rings. The number of aromatic nitrogens is 1. The van der Waals surface area contributed by atoms with Crippen LogP contribution in [0.5, 0.6) is 0 Å². The first-order valence-electron chi connectivity index (χ1n) is 15.7. The van der Waals surface area contributed by atoms with E-state index in [4.69, 9.17) is 9.40 Å². The summed E-state index contributed by atoms with van der Waals surface area (Å²) in [5.74, 6) is 2.43. The molecule has 40 heavy (non-hydrogen) atoms. The highest BCUT2D eigenvalue weighted by Gasteiger charge is 2.54. The second-order valence-corrected chi connectivity index (χ2v) is 14.4. The van der Waals surface area contributed by atoms with Gasteiger partial charge in [-0.05, 0) is 97.7 Å². The summed E-state index contributed by atoms with van der Waals surface area (Å²) in [4.78, 5) is 4.74. The lowest BCUT2D eigenvalue weighted by Crippen LogP contribution is -2.41. The average molecular weight is 550 g/mol. The van der Waals surface area contributed by atoms with Gasteiger partial charge in [-0.25, -0.2) is 4.98 Å². The zero-order valence-corrected chi connectivity index (χ0v) is 25.4. The van der Waals surface area contributed by atoms with Crippen LogP contribution >= 0.6 is 0 Å². The van der Waals surface area contributed by atoms with Crippen molar-refractivity contribution >= 4 is 0 Å². The van der Waals surface area contributed by atoms with Gasteiger partial charge in [-0.2, -0.15) is 0 Å². The van der Waals surface area contributed by atoms with E-state index < -0.39 is 23.7 Å². The molecule has 7 atom stereocenters. The predicted molar refractivity (Wildman–Crippen MR) is 160 cm³/mol. The van der Waals surface area contributed by atoms with Crippen molar-refractivity contribution in [2.75, 3.05) is 0 Å². The fourth-order valence-corrected chi connectivity index (χ4v) is 8.70. The topological polar surface area (TPSA) is 86.7 Å². The Kier molecular flexibility index (Phi) is 8.15. The van der Waals surface area contributed by atoms with Gasteiger partial charge in [0.1, 0.15) is 5.76 Å². The van der Waals surface area contributed by atoms with E-state index in [0.717, 1.165) is 42.6 Å². The van der Waals surface area contributed by atoms with Crippen LogP contribution in [0.2, 0.25) is 0 Å². The third kappa shape index (κ3) is 5.23. The van der Waals surface area contributed by atoms with Crippen molar-refractivity contribution in [2.24, 2.45) is 22.7 Å². The first kappa shape index (κ1) is 29.5. The number of hydrogen-bond donors (Lipinski definition) is 3. The van der Waals surface area contributed by atoms with E-state index in [2.05, 4.69) is 46.4 Å². The highest BCUT2D eigenvalue weighted by Crippen LogP contribution is 2.62. The Labute approximate surface area is 241 Å². The molecule has 0 radical (unpaired) electrons. The minimum atomic E-state index is -0.833. The van der Waals surface area contributed by atoms with Crippen molar-refractivity contribution in [1.29, 1.82) is 0 Å². The standard InChI is InChI=1S/C35H51NO4/c1-7-8-11-26-21-36-32(40-26)35(6)20-24(27-18-25(37)19-29(38)22(27)2)17-23-10-9-15-34(5)28(23)12-13-30(34)33(3,4)16-14-31(35)39/h14,16-17,21,25,28-31,37-39H,2,7-13,15,18-20H2,1,3-6H3/t25-,28?,29+,30-,31-,34+,35?/m1/s1. The summed E-state index contributed by atoms with van der Waals surface area (Å²) in [6, 6.07) is 0. The molecule has 5 heteroatoms. The molecule has 1 aromatic heterocycles. The molecule has 5 rings (SSSR count). The molecule has 3 N–H and O–H groups in total. The summed E-state index contributed by atoms with van der Waals surface area (Å²) >= 11 is 0. The van der Waals surface area contributed by atoms with Crippen LogP contribution in [-0.2, 0) is 11.8 Å². The van der Waals surface area contributed by atoms with Crippen LogP contribution in [0.1, 0.15) is 110 Å². The van der Waals surface area contributed by atoms with Crippen LogP contribution in [0.4, 0.5) is 0 Å². The highest BCUT2D eigenvalue weighted by molar-refractivity contribution is 5.46. The monoisotopic (exact) mass is 549 g/mol. The highest BCUT2D eigenvalue weighted by atomic mass is 16.4. The van der Waals surface area contributed by atoms with Gasteiger partial charge in [0.25, 0.3) is 0 Å². The smallest absolute Gasteiger partial charge is 0.203 e. The Morgan fingerprint density at radius 3 is 2.65 bits per heavy atom. The molecule has 3 fully saturated rings. The lowest BCUT2D eigenvalue weighted by Gasteiger charge is -2.48. The minimum absolute atomic E-state index is 0.0525. The van der Waals surface area contributed by atoms with Gasteiger partial charge in [-0.15, -0.1) is 0 Å². The normalized spacial score (nSPS) is 40.0. The van der Waals surface area contributed by atoms with E-state index in [-0.39, 0.29) is 10.8 Å². The molecule has 3 saturated carbocycles. The molecule has 0 spiro atoms. The number of oxazole rings is 1. The quantitative estimate of drug-likeness (QED) is 0.348. The summed E-state index contributed by atoms with van der Waals surface area (Å²) in [5.41, 5.74) is 3.47. The Morgan fingerprint density at radius 1 is 1.12 bits per heavy atom. The summed E-state index contributed by atoms with van der Waals surface area (Å²) in [6.45, 7) is 15.7. The van der Waals surface area contributed by atoms with E-state index in [1.165, 1.54) is 31.3 Å². The van der Waals surface area contributed by atoms with Crippen LogP contribution in [-0.4, -0.2) is 38.6 Å². The third-order valence-electron chi connectivity index (χ3n) is 11.1. The van der Waals surface area contributed by atoms with Gasteiger partial charge >= 0.3 is 0 Å². The van der Waals surface area contributed by atoms with Gasteiger partial charge in [0.05, 0.1) is 29.9 Å². The van der Waals surface area contributed by atoms with Gasteiger partial charge < -0.3 is 19.7 Å². The zero-order valence-electron chi connectivity index (χ0n) is 25.4. The summed E-state index contributed by atoms with van der Waals surface area (Å²) in [6.07, 6.45) is 16.2. The van der Waals surface area contributed by atoms with Crippen LogP contribution in [0, 0.1) is 22.7 Å². The zero-order chi connectivity index (χ0) is 28.9. The molecule has 4 aliphatic carbocycles. The van der Waals surface area contributed by atoms with Crippen LogP contribution in [0.15, 0.2) is 57.7 Å². The van der Waals surface area contributed by atoms with E-state index in [0.29, 0.717) is 42.6 Å². The van der Waals surface area contributed by atoms with E-state index in [9.17, 15) is 15.3 Å². The number of aliphatic hydroxyl groups excluding tert-OH is 3. The molecule has 2 unspecified atom stereocenters. The van der Waals surface area contributed by atoms with Gasteiger partial charge in [-0.3, -0.25) is 0 Å². The Morgan fingerprint density at radius 2 is 1.90 bits per heavy atom. The third-order valence-corrected chi connectivity index (χ3v) is 11.1. The SMILES string of the molecule is C=C1C(=C2C=C3CCC[C@@]4(C)C3CC[C@@H]4C(C)(C)C=C[C@@H](O)C(C)(c3ncc(CCCC)o3)C2)C[C@@H](O)C[C@@H]1O. The lowest BCUT2D eigenvalue weighted by molar-refractivity contribution is 0.0680. The van der Waals surface area contributed by atoms with Crippen molar-refractivity contribution < 1.29 is 19.7 Å². The van der Waals surface area contributed by atoms with Crippen molar-refractivity contribution in [3.63, 3.8) is 0 Å². The molecule has 0 saturated heterocycles. The molecule has 1 heterocycles. The fraction of sp³-hybridized carbons (Fsp3) is 0.686. The Bertz CT molecular complexity index is 1200. The van der Waals surface area contributed by atoms with E-state index >= 15 is 0 Å². The molecule has 4 bridgehead atoms. The second-order valence-electron chi connectivity index (χ2n) is 14.4. The molecule has 0 aromatic carbocycles. The number of unbranched alkanes of at least 4 members (excludes halogenated alkanes) is 1. The van der Waals surface area contributed by atoms with Crippen molar-refractivity contribution in [3.8, 4) is 0 Å². The lowest BCUT2D eigenvalue weighted by atomic mass is 9.57. The summed E-state index contributed by atoms with van der Waals surface area (Å²) < 4.78 is 6.36. The maximum Gasteiger partial charge on any atom is 0.203 e. The molecular weight excluding hydrogens is 498 g/mol. The molecule has 0 amide bonds. The van der Waals surface area contributed by atoms with Gasteiger partial charge in [0, 0.05) is 12.8 Å². The van der Waals surface area contributed by atoms with Crippen LogP contribution in [0.3, 0.4) is 0 Å². The summed E-state index contributed by atoms with van der Waals surface area (Å²) in [7, 11) is 0. The van der Waals surface area contributed by atoms with Crippen molar-refractivity contribution in [3.05, 3.63) is 64.9 Å². The number of rotatable bonds is 4. The maximum absolute atomic E-state index is 12.0. The van der Waals surface area contributed by atoms with Gasteiger partial charge in [0.2, 0.25) is 5.89 Å². The molecule has 0 aliphatic heterocycles. The number of nitrogens with zero attached hydrogens (tertiary/aromatic N) is 1.